The molecule has 1 aliphatic heterocycles. The molecular formula is C26H26Cl2N2O2. The molecule has 4 rings (SSSR count). The van der Waals surface area contributed by atoms with Crippen LogP contribution in [0.1, 0.15) is 27.0 Å². The molecule has 0 saturated carbocycles. The van der Waals surface area contributed by atoms with Crippen LogP contribution in [-0.4, -0.2) is 41.9 Å². The minimum atomic E-state index is 0.0666. The summed E-state index contributed by atoms with van der Waals surface area (Å²) < 4.78 is 5.94. The fourth-order valence-corrected chi connectivity index (χ4v) is 4.35. The van der Waals surface area contributed by atoms with Crippen LogP contribution < -0.4 is 4.74 Å². The Morgan fingerprint density at radius 1 is 0.875 bits per heavy atom. The second kappa shape index (κ2) is 10.4. The third-order valence-corrected chi connectivity index (χ3v) is 6.13. The van der Waals surface area contributed by atoms with Gasteiger partial charge in [0.1, 0.15) is 12.4 Å². The summed E-state index contributed by atoms with van der Waals surface area (Å²) in [6.45, 7) is 6.33. The van der Waals surface area contributed by atoms with Gasteiger partial charge in [-0.05, 0) is 66.1 Å². The van der Waals surface area contributed by atoms with Gasteiger partial charge in [-0.25, -0.2) is 0 Å². The Labute approximate surface area is 199 Å². The molecule has 3 aromatic carbocycles. The highest BCUT2D eigenvalue weighted by molar-refractivity contribution is 6.30. The number of aryl methyl sites for hydroxylation is 1. The zero-order valence-electron chi connectivity index (χ0n) is 18.1. The number of hydrogen-bond donors (Lipinski definition) is 0. The molecule has 0 aromatic heterocycles. The highest BCUT2D eigenvalue weighted by atomic mass is 35.5. The molecule has 1 heterocycles. The number of nitrogens with zero attached hydrogens (tertiary/aromatic N) is 2. The smallest absolute Gasteiger partial charge is 0.253 e. The Morgan fingerprint density at radius 2 is 1.59 bits per heavy atom. The number of piperazine rings is 1. The van der Waals surface area contributed by atoms with Gasteiger partial charge in [0.25, 0.3) is 5.91 Å². The molecule has 0 unspecified atom stereocenters. The van der Waals surface area contributed by atoms with Gasteiger partial charge >= 0.3 is 0 Å². The summed E-state index contributed by atoms with van der Waals surface area (Å²) >= 11 is 12.1. The summed E-state index contributed by atoms with van der Waals surface area (Å²) in [7, 11) is 0. The van der Waals surface area contributed by atoms with Crippen molar-refractivity contribution in [3.8, 4) is 5.75 Å². The number of amides is 1. The van der Waals surface area contributed by atoms with Crippen molar-refractivity contribution in [3.05, 3.63) is 99.0 Å². The third kappa shape index (κ3) is 5.83. The molecule has 6 heteroatoms. The quantitative estimate of drug-likeness (QED) is 0.455. The number of carbonyl (C=O) groups excluding carboxylic acids is 1. The molecular weight excluding hydrogens is 443 g/mol. The summed E-state index contributed by atoms with van der Waals surface area (Å²) in [4.78, 5) is 17.3. The van der Waals surface area contributed by atoms with Crippen molar-refractivity contribution in [2.24, 2.45) is 0 Å². The zero-order chi connectivity index (χ0) is 22.5. The number of benzene rings is 3. The molecule has 0 atom stereocenters. The van der Waals surface area contributed by atoms with Gasteiger partial charge < -0.3 is 9.64 Å². The largest absolute Gasteiger partial charge is 0.489 e. The number of ether oxygens (including phenoxy) is 1. The van der Waals surface area contributed by atoms with Gasteiger partial charge in [0, 0.05) is 48.3 Å². The molecule has 1 fully saturated rings. The maximum Gasteiger partial charge on any atom is 0.253 e. The van der Waals surface area contributed by atoms with E-state index in [4.69, 9.17) is 27.9 Å². The molecule has 3 aromatic rings. The minimum Gasteiger partial charge on any atom is -0.489 e. The summed E-state index contributed by atoms with van der Waals surface area (Å²) in [5.74, 6) is 0.860. The summed E-state index contributed by atoms with van der Waals surface area (Å²) in [5, 5.41) is 1.45. The molecule has 0 radical (unpaired) electrons. The van der Waals surface area contributed by atoms with E-state index in [2.05, 4.69) is 11.0 Å². The molecule has 1 amide bonds. The molecule has 1 saturated heterocycles. The minimum absolute atomic E-state index is 0.0666. The zero-order valence-corrected chi connectivity index (χ0v) is 19.6. The van der Waals surface area contributed by atoms with Crippen LogP contribution in [0.5, 0.6) is 5.75 Å². The van der Waals surface area contributed by atoms with Gasteiger partial charge in [0.05, 0.1) is 0 Å². The van der Waals surface area contributed by atoms with E-state index < -0.39 is 0 Å². The van der Waals surface area contributed by atoms with Gasteiger partial charge in [-0.1, -0.05) is 47.5 Å². The lowest BCUT2D eigenvalue weighted by atomic mass is 10.1. The van der Waals surface area contributed by atoms with Crippen LogP contribution in [0, 0.1) is 6.92 Å². The van der Waals surface area contributed by atoms with E-state index in [1.807, 2.05) is 72.5 Å². The average Bonchev–Trinajstić information content (AvgIpc) is 2.79. The highest BCUT2D eigenvalue weighted by Crippen LogP contribution is 2.23. The second-order valence-electron chi connectivity index (χ2n) is 8.10. The van der Waals surface area contributed by atoms with Crippen molar-refractivity contribution in [1.82, 2.24) is 9.80 Å². The monoisotopic (exact) mass is 468 g/mol. The van der Waals surface area contributed by atoms with Crippen LogP contribution in [0.3, 0.4) is 0 Å². The molecule has 0 N–H and O–H groups in total. The van der Waals surface area contributed by atoms with Crippen molar-refractivity contribution < 1.29 is 9.53 Å². The third-order valence-electron chi connectivity index (χ3n) is 5.66. The maximum absolute atomic E-state index is 13.1. The number of halogens is 2. The van der Waals surface area contributed by atoms with E-state index in [0.717, 1.165) is 41.5 Å². The Hall–Kier alpha value is -2.53. The normalized spacial score (nSPS) is 14.4. The van der Waals surface area contributed by atoms with Crippen LogP contribution in [0.4, 0.5) is 0 Å². The summed E-state index contributed by atoms with van der Waals surface area (Å²) in [6, 6.07) is 21.2. The Balaban J connectivity index is 1.32. The van der Waals surface area contributed by atoms with Crippen LogP contribution in [-0.2, 0) is 13.2 Å². The van der Waals surface area contributed by atoms with Crippen molar-refractivity contribution >= 4 is 29.1 Å². The van der Waals surface area contributed by atoms with E-state index >= 15 is 0 Å². The standard InChI is InChI=1S/C26H26Cl2N2O2/c1-19-14-24(28)8-9-25(19)32-18-21-5-2-6-22(15-21)26(31)30-12-10-29(11-13-30)17-20-4-3-7-23(27)16-20/h2-9,14-16H,10-13,17-18H2,1H3. The average molecular weight is 469 g/mol. The first kappa shape index (κ1) is 22.7. The van der Waals surface area contributed by atoms with E-state index in [0.29, 0.717) is 30.3 Å². The summed E-state index contributed by atoms with van der Waals surface area (Å²) in [6.07, 6.45) is 0. The van der Waals surface area contributed by atoms with Gasteiger partial charge in [-0.2, -0.15) is 0 Å². The predicted molar refractivity (Wildman–Crippen MR) is 130 cm³/mol. The number of hydrogen-bond acceptors (Lipinski definition) is 3. The van der Waals surface area contributed by atoms with Gasteiger partial charge in [-0.15, -0.1) is 0 Å². The molecule has 1 aliphatic rings. The predicted octanol–water partition coefficient (Wildman–Crippen LogP) is 5.84. The molecule has 166 valence electrons. The lowest BCUT2D eigenvalue weighted by Gasteiger charge is -2.35. The molecule has 0 bridgehead atoms. The molecule has 0 aliphatic carbocycles. The van der Waals surface area contributed by atoms with Crippen molar-refractivity contribution in [2.75, 3.05) is 26.2 Å². The first-order chi connectivity index (χ1) is 15.5. The fourth-order valence-electron chi connectivity index (χ4n) is 3.92. The number of carbonyl (C=O) groups is 1. The SMILES string of the molecule is Cc1cc(Cl)ccc1OCc1cccc(C(=O)N2CCN(Cc3cccc(Cl)c3)CC2)c1. The van der Waals surface area contributed by atoms with Crippen LogP contribution in [0.15, 0.2) is 66.7 Å². The van der Waals surface area contributed by atoms with E-state index in [1.54, 1.807) is 0 Å². The lowest BCUT2D eigenvalue weighted by Crippen LogP contribution is -2.48. The first-order valence-electron chi connectivity index (χ1n) is 10.7. The van der Waals surface area contributed by atoms with Crippen LogP contribution in [0.25, 0.3) is 0 Å². The number of rotatable bonds is 6. The fraction of sp³-hybridized carbons (Fsp3) is 0.269. The molecule has 32 heavy (non-hydrogen) atoms. The second-order valence-corrected chi connectivity index (χ2v) is 8.97. The van der Waals surface area contributed by atoms with Crippen molar-refractivity contribution in [2.45, 2.75) is 20.1 Å². The molecule has 0 spiro atoms. The van der Waals surface area contributed by atoms with Crippen molar-refractivity contribution in [3.63, 3.8) is 0 Å². The Morgan fingerprint density at radius 3 is 2.34 bits per heavy atom. The maximum atomic E-state index is 13.1. The van der Waals surface area contributed by atoms with E-state index in [-0.39, 0.29) is 5.91 Å². The van der Waals surface area contributed by atoms with Gasteiger partial charge in [0.2, 0.25) is 0 Å². The highest BCUT2D eigenvalue weighted by Gasteiger charge is 2.22. The van der Waals surface area contributed by atoms with Crippen LogP contribution >= 0.6 is 23.2 Å². The lowest BCUT2D eigenvalue weighted by molar-refractivity contribution is 0.0628. The van der Waals surface area contributed by atoms with Crippen LogP contribution in [0.2, 0.25) is 10.0 Å². The van der Waals surface area contributed by atoms with Crippen molar-refractivity contribution in [1.29, 1.82) is 0 Å². The first-order valence-corrected chi connectivity index (χ1v) is 11.5. The van der Waals surface area contributed by atoms with Gasteiger partial charge in [-0.3, -0.25) is 9.69 Å². The van der Waals surface area contributed by atoms with E-state index in [1.165, 1.54) is 5.56 Å². The topological polar surface area (TPSA) is 32.8 Å². The van der Waals surface area contributed by atoms with E-state index in [9.17, 15) is 4.79 Å². The Bertz CT molecular complexity index is 1090. The molecule has 4 nitrogen and oxygen atoms in total. The summed E-state index contributed by atoms with van der Waals surface area (Å²) in [5.41, 5.74) is 3.84. The van der Waals surface area contributed by atoms with Gasteiger partial charge in [0.15, 0.2) is 0 Å². The Kier molecular flexibility index (Phi) is 7.36.